The van der Waals surface area contributed by atoms with Crippen LogP contribution in [0, 0.1) is 11.6 Å². The van der Waals surface area contributed by atoms with Gasteiger partial charge in [0.1, 0.15) is 0 Å². The molecule has 0 aliphatic rings. The van der Waals surface area contributed by atoms with Gasteiger partial charge in [0.05, 0.1) is 6.54 Å². The fourth-order valence-electron chi connectivity index (χ4n) is 2.40. The van der Waals surface area contributed by atoms with E-state index in [2.05, 4.69) is 26.1 Å². The summed E-state index contributed by atoms with van der Waals surface area (Å²) in [4.78, 5) is 1.92. The molecule has 0 aliphatic carbocycles. The van der Waals surface area contributed by atoms with E-state index in [-0.39, 0.29) is 6.04 Å². The maximum atomic E-state index is 13.4. The highest BCUT2D eigenvalue weighted by Crippen LogP contribution is 2.24. The number of rotatable bonds is 5. The van der Waals surface area contributed by atoms with Crippen molar-refractivity contribution < 1.29 is 13.2 Å². The summed E-state index contributed by atoms with van der Waals surface area (Å²) >= 11 is 3.38. The van der Waals surface area contributed by atoms with Crippen LogP contribution in [0.3, 0.4) is 0 Å². The zero-order valence-corrected chi connectivity index (χ0v) is 15.3. The maximum absolute atomic E-state index is 13.4. The van der Waals surface area contributed by atoms with Gasteiger partial charge in [0.25, 0.3) is 0 Å². The van der Waals surface area contributed by atoms with Gasteiger partial charge in [-0.05, 0) is 55.9 Å². The topological polar surface area (TPSA) is 42.2 Å². The van der Waals surface area contributed by atoms with E-state index < -0.39 is 11.6 Å². The summed E-state index contributed by atoms with van der Waals surface area (Å²) in [5.74, 6) is -0.811. The molecule has 1 atom stereocenters. The average molecular weight is 408 g/mol. The van der Waals surface area contributed by atoms with Crippen molar-refractivity contribution in [1.29, 1.82) is 0 Å². The highest BCUT2D eigenvalue weighted by Gasteiger charge is 2.17. The zero-order chi connectivity index (χ0) is 18.0. The Morgan fingerprint density at radius 3 is 2.48 bits per heavy atom. The van der Waals surface area contributed by atoms with Gasteiger partial charge in [0.2, 0.25) is 11.8 Å². The fourth-order valence-corrected chi connectivity index (χ4v) is 2.67. The molecular formula is C18H16BrF2N3O. The quantitative estimate of drug-likeness (QED) is 0.598. The second kappa shape index (κ2) is 7.41. The first kappa shape index (κ1) is 17.7. The molecule has 2 aromatic carbocycles. The van der Waals surface area contributed by atoms with E-state index in [1.165, 1.54) is 6.07 Å². The van der Waals surface area contributed by atoms with Crippen LogP contribution in [0.4, 0.5) is 8.78 Å². The van der Waals surface area contributed by atoms with Crippen LogP contribution in [0.15, 0.2) is 51.4 Å². The minimum Gasteiger partial charge on any atom is -0.419 e. The molecule has 3 rings (SSSR count). The molecule has 0 fully saturated rings. The van der Waals surface area contributed by atoms with Crippen LogP contribution < -0.4 is 0 Å². The van der Waals surface area contributed by atoms with Crippen LogP contribution in [0.1, 0.15) is 24.4 Å². The SMILES string of the molecule is CC(c1ccc(F)c(F)c1)N(C)Cc1nnc(-c2ccc(Br)cc2)o1. The number of hydrogen-bond donors (Lipinski definition) is 0. The van der Waals surface area contributed by atoms with Crippen molar-refractivity contribution in [2.75, 3.05) is 7.05 Å². The van der Waals surface area contributed by atoms with E-state index >= 15 is 0 Å². The summed E-state index contributed by atoms with van der Waals surface area (Å²) in [5, 5.41) is 8.12. The third kappa shape index (κ3) is 4.11. The molecule has 0 saturated heterocycles. The number of halogens is 3. The third-order valence-electron chi connectivity index (χ3n) is 4.03. The lowest BCUT2D eigenvalue weighted by atomic mass is 10.1. The molecule has 4 nitrogen and oxygen atoms in total. The van der Waals surface area contributed by atoms with E-state index in [0.29, 0.717) is 23.9 Å². The molecule has 7 heteroatoms. The predicted octanol–water partition coefficient (Wildman–Crippen LogP) is 4.97. The first-order chi connectivity index (χ1) is 11.9. The van der Waals surface area contributed by atoms with Gasteiger partial charge in [-0.1, -0.05) is 22.0 Å². The summed E-state index contributed by atoms with van der Waals surface area (Å²) in [5.41, 5.74) is 1.51. The van der Waals surface area contributed by atoms with Crippen molar-refractivity contribution >= 4 is 15.9 Å². The van der Waals surface area contributed by atoms with E-state index in [9.17, 15) is 8.78 Å². The maximum Gasteiger partial charge on any atom is 0.247 e. The predicted molar refractivity (Wildman–Crippen MR) is 93.7 cm³/mol. The molecule has 0 amide bonds. The van der Waals surface area contributed by atoms with Crippen LogP contribution >= 0.6 is 15.9 Å². The van der Waals surface area contributed by atoms with E-state index in [4.69, 9.17) is 4.42 Å². The van der Waals surface area contributed by atoms with Gasteiger partial charge in [0, 0.05) is 16.1 Å². The summed E-state index contributed by atoms with van der Waals surface area (Å²) in [6.45, 7) is 2.29. The van der Waals surface area contributed by atoms with Crippen LogP contribution in [0.5, 0.6) is 0 Å². The Morgan fingerprint density at radius 2 is 1.80 bits per heavy atom. The van der Waals surface area contributed by atoms with Crippen molar-refractivity contribution in [3.05, 3.63) is 70.0 Å². The van der Waals surface area contributed by atoms with Crippen LogP contribution in [-0.2, 0) is 6.54 Å². The Labute approximate surface area is 152 Å². The molecule has 0 radical (unpaired) electrons. The zero-order valence-electron chi connectivity index (χ0n) is 13.7. The van der Waals surface area contributed by atoms with Gasteiger partial charge < -0.3 is 4.42 Å². The minimum atomic E-state index is -0.854. The Kier molecular flexibility index (Phi) is 5.24. The lowest BCUT2D eigenvalue weighted by Gasteiger charge is -2.23. The lowest BCUT2D eigenvalue weighted by Crippen LogP contribution is -2.22. The molecule has 1 heterocycles. The molecule has 25 heavy (non-hydrogen) atoms. The summed E-state index contributed by atoms with van der Waals surface area (Å²) in [7, 11) is 1.86. The first-order valence-corrected chi connectivity index (χ1v) is 8.47. The largest absolute Gasteiger partial charge is 0.419 e. The molecule has 0 aliphatic heterocycles. The van der Waals surface area contributed by atoms with E-state index in [1.807, 2.05) is 43.1 Å². The lowest BCUT2D eigenvalue weighted by molar-refractivity contribution is 0.228. The van der Waals surface area contributed by atoms with E-state index in [1.54, 1.807) is 6.07 Å². The van der Waals surface area contributed by atoms with Gasteiger partial charge in [-0.15, -0.1) is 10.2 Å². The molecule has 0 saturated carbocycles. The average Bonchev–Trinajstić information content (AvgIpc) is 3.05. The van der Waals surface area contributed by atoms with Crippen LogP contribution in [0.2, 0.25) is 0 Å². The standard InChI is InChI=1S/C18H16BrF2N3O/c1-11(13-5-8-15(20)16(21)9-13)24(2)10-17-22-23-18(25-17)12-3-6-14(19)7-4-12/h3-9,11H,10H2,1-2H3. The Morgan fingerprint density at radius 1 is 1.08 bits per heavy atom. The van der Waals surface area contributed by atoms with Gasteiger partial charge in [-0.3, -0.25) is 4.90 Å². The number of nitrogens with zero attached hydrogens (tertiary/aromatic N) is 3. The van der Waals surface area contributed by atoms with Crippen molar-refractivity contribution in [2.45, 2.75) is 19.5 Å². The molecule has 1 aromatic heterocycles. The normalized spacial score (nSPS) is 12.6. The van der Waals surface area contributed by atoms with Gasteiger partial charge in [-0.2, -0.15) is 0 Å². The van der Waals surface area contributed by atoms with E-state index in [0.717, 1.165) is 16.1 Å². The van der Waals surface area contributed by atoms with Gasteiger partial charge in [-0.25, -0.2) is 8.78 Å². The monoisotopic (exact) mass is 407 g/mol. The van der Waals surface area contributed by atoms with Crippen molar-refractivity contribution in [3.8, 4) is 11.5 Å². The molecule has 1 unspecified atom stereocenters. The van der Waals surface area contributed by atoms with Crippen molar-refractivity contribution in [3.63, 3.8) is 0 Å². The highest BCUT2D eigenvalue weighted by molar-refractivity contribution is 9.10. The van der Waals surface area contributed by atoms with Crippen molar-refractivity contribution in [2.24, 2.45) is 0 Å². The Balaban J connectivity index is 1.71. The summed E-state index contributed by atoms with van der Waals surface area (Å²) in [6.07, 6.45) is 0. The van der Waals surface area contributed by atoms with Gasteiger partial charge in [0.15, 0.2) is 11.6 Å². The number of hydrogen-bond acceptors (Lipinski definition) is 4. The van der Waals surface area contributed by atoms with Crippen LogP contribution in [-0.4, -0.2) is 22.1 Å². The van der Waals surface area contributed by atoms with Crippen LogP contribution in [0.25, 0.3) is 11.5 Å². The number of benzene rings is 2. The number of aromatic nitrogens is 2. The van der Waals surface area contributed by atoms with Gasteiger partial charge >= 0.3 is 0 Å². The second-order valence-corrected chi connectivity index (χ2v) is 6.69. The smallest absolute Gasteiger partial charge is 0.247 e. The Bertz CT molecular complexity index is 867. The molecule has 0 N–H and O–H groups in total. The van der Waals surface area contributed by atoms with Crippen molar-refractivity contribution in [1.82, 2.24) is 15.1 Å². The Hall–Kier alpha value is -2.12. The summed E-state index contributed by atoms with van der Waals surface area (Å²) in [6, 6.07) is 11.3. The molecule has 0 bridgehead atoms. The molecule has 0 spiro atoms. The molecule has 3 aromatic rings. The third-order valence-corrected chi connectivity index (χ3v) is 4.56. The summed E-state index contributed by atoms with van der Waals surface area (Å²) < 4.78 is 33.2. The minimum absolute atomic E-state index is 0.141. The highest BCUT2D eigenvalue weighted by atomic mass is 79.9. The first-order valence-electron chi connectivity index (χ1n) is 7.67. The molecule has 130 valence electrons. The second-order valence-electron chi connectivity index (χ2n) is 5.77. The fraction of sp³-hybridized carbons (Fsp3) is 0.222. The molecular weight excluding hydrogens is 392 g/mol.